The van der Waals surface area contributed by atoms with Crippen molar-refractivity contribution in [2.45, 2.75) is 0 Å². The number of hydrogen-bond acceptors (Lipinski definition) is 2. The fraction of sp³-hybridized carbons (Fsp3) is 0. The van der Waals surface area contributed by atoms with E-state index in [1.807, 2.05) is 42.5 Å². The number of H-pyrrole nitrogens is 2. The van der Waals surface area contributed by atoms with E-state index in [0.717, 1.165) is 61.5 Å². The quantitative estimate of drug-likeness (QED) is 0.323. The van der Waals surface area contributed by atoms with Crippen molar-refractivity contribution in [2.75, 3.05) is 0 Å². The second-order valence-corrected chi connectivity index (χ2v) is 7.91. The smallest absolute Gasteiger partial charge is 0.0658 e. The minimum Gasteiger partial charge on any atom is -0.355 e. The standard InChI is InChI=1S/C28H20N4/c1-2-18-3-5-19(6-4-18)27-16-26-15-24-10-9-22(30-24)13-20-7-8-21(29-20)14-23-11-12-25(31-23)17-28(27)32-26/h2-17,29,32H,1H2. The Hall–Kier alpha value is -4.44. The van der Waals surface area contributed by atoms with E-state index < -0.39 is 0 Å². The zero-order valence-corrected chi connectivity index (χ0v) is 17.3. The first kappa shape index (κ1) is 18.3. The summed E-state index contributed by atoms with van der Waals surface area (Å²) in [6.45, 7) is 3.85. The van der Waals surface area contributed by atoms with Crippen molar-refractivity contribution in [3.8, 4) is 11.1 Å². The first-order valence-corrected chi connectivity index (χ1v) is 10.5. The predicted octanol–water partition coefficient (Wildman–Crippen LogP) is 6.97. The van der Waals surface area contributed by atoms with Gasteiger partial charge in [0.1, 0.15) is 0 Å². The van der Waals surface area contributed by atoms with Gasteiger partial charge in [-0.2, -0.15) is 0 Å². The van der Waals surface area contributed by atoms with Crippen molar-refractivity contribution in [1.29, 1.82) is 0 Å². The molecular formula is C28H20N4. The third-order valence-electron chi connectivity index (χ3n) is 5.63. The van der Waals surface area contributed by atoms with Gasteiger partial charge in [0.15, 0.2) is 0 Å². The van der Waals surface area contributed by atoms with Crippen molar-refractivity contribution in [3.63, 3.8) is 0 Å². The summed E-state index contributed by atoms with van der Waals surface area (Å²) in [7, 11) is 0. The third kappa shape index (κ3) is 3.48. The highest BCUT2D eigenvalue weighted by Crippen LogP contribution is 2.28. The molecule has 152 valence electrons. The van der Waals surface area contributed by atoms with Gasteiger partial charge < -0.3 is 9.97 Å². The molecule has 3 aromatic heterocycles. The normalized spacial score (nSPS) is 12.2. The Balaban J connectivity index is 1.64. The number of aromatic amines is 2. The summed E-state index contributed by atoms with van der Waals surface area (Å²) in [4.78, 5) is 16.5. The van der Waals surface area contributed by atoms with Crippen LogP contribution >= 0.6 is 0 Å². The van der Waals surface area contributed by atoms with Crippen LogP contribution in [0.25, 0.3) is 63.6 Å². The van der Waals surface area contributed by atoms with E-state index >= 15 is 0 Å². The predicted molar refractivity (Wildman–Crippen MR) is 134 cm³/mol. The second-order valence-electron chi connectivity index (χ2n) is 7.91. The lowest BCUT2D eigenvalue weighted by Crippen LogP contribution is -1.78. The van der Waals surface area contributed by atoms with E-state index in [0.29, 0.717) is 0 Å². The monoisotopic (exact) mass is 412 g/mol. The number of rotatable bonds is 2. The lowest BCUT2D eigenvalue weighted by atomic mass is 10.0. The van der Waals surface area contributed by atoms with Gasteiger partial charge in [0.2, 0.25) is 0 Å². The van der Waals surface area contributed by atoms with E-state index in [2.05, 4.69) is 71.1 Å². The summed E-state index contributed by atoms with van der Waals surface area (Å²) in [5.41, 5.74) is 11.1. The first-order valence-electron chi connectivity index (χ1n) is 10.5. The topological polar surface area (TPSA) is 57.4 Å². The third-order valence-corrected chi connectivity index (χ3v) is 5.63. The van der Waals surface area contributed by atoms with Crippen LogP contribution in [0.15, 0.2) is 73.3 Å². The van der Waals surface area contributed by atoms with Crippen molar-refractivity contribution in [1.82, 2.24) is 19.9 Å². The molecule has 4 nitrogen and oxygen atoms in total. The molecular weight excluding hydrogens is 392 g/mol. The molecule has 2 N–H and O–H groups in total. The van der Waals surface area contributed by atoms with Crippen molar-refractivity contribution >= 4 is 52.4 Å². The molecule has 0 saturated heterocycles. The summed E-state index contributed by atoms with van der Waals surface area (Å²) in [5, 5.41) is 0. The molecule has 0 fully saturated rings. The summed E-state index contributed by atoms with van der Waals surface area (Å²) in [6, 6.07) is 22.9. The van der Waals surface area contributed by atoms with Gasteiger partial charge >= 0.3 is 0 Å². The number of benzene rings is 1. The molecule has 8 bridgehead atoms. The fourth-order valence-electron chi connectivity index (χ4n) is 4.06. The van der Waals surface area contributed by atoms with Gasteiger partial charge in [-0.3, -0.25) is 0 Å². The van der Waals surface area contributed by atoms with Crippen LogP contribution in [0.5, 0.6) is 0 Å². The molecule has 5 heterocycles. The van der Waals surface area contributed by atoms with Crippen LogP contribution in [0.4, 0.5) is 0 Å². The highest BCUT2D eigenvalue weighted by atomic mass is 14.8. The molecule has 0 atom stereocenters. The minimum atomic E-state index is 0.910. The van der Waals surface area contributed by atoms with E-state index in [1.54, 1.807) is 0 Å². The van der Waals surface area contributed by atoms with Crippen molar-refractivity contribution in [3.05, 3.63) is 102 Å². The maximum absolute atomic E-state index is 4.78. The van der Waals surface area contributed by atoms with Crippen LogP contribution in [0.3, 0.4) is 0 Å². The number of nitrogens with one attached hydrogen (secondary N) is 2. The molecule has 4 heteroatoms. The average molecular weight is 412 g/mol. The van der Waals surface area contributed by atoms with Gasteiger partial charge in [0.05, 0.1) is 22.8 Å². The number of nitrogens with zero attached hydrogens (tertiary/aromatic N) is 2. The minimum absolute atomic E-state index is 0.910. The zero-order valence-electron chi connectivity index (χ0n) is 17.3. The van der Waals surface area contributed by atoms with Crippen LogP contribution < -0.4 is 0 Å². The largest absolute Gasteiger partial charge is 0.355 e. The molecule has 0 aliphatic carbocycles. The van der Waals surface area contributed by atoms with Crippen molar-refractivity contribution in [2.24, 2.45) is 0 Å². The number of aromatic nitrogens is 4. The van der Waals surface area contributed by atoms with Crippen LogP contribution in [0.2, 0.25) is 0 Å². The maximum Gasteiger partial charge on any atom is 0.0658 e. The van der Waals surface area contributed by atoms with Gasteiger partial charge in [0, 0.05) is 27.6 Å². The van der Waals surface area contributed by atoms with Gasteiger partial charge in [-0.1, -0.05) is 36.9 Å². The van der Waals surface area contributed by atoms with Gasteiger partial charge in [-0.15, -0.1) is 0 Å². The van der Waals surface area contributed by atoms with E-state index in [1.165, 1.54) is 0 Å². The van der Waals surface area contributed by atoms with Gasteiger partial charge in [0.25, 0.3) is 0 Å². The molecule has 0 unspecified atom stereocenters. The van der Waals surface area contributed by atoms with E-state index in [9.17, 15) is 0 Å². The summed E-state index contributed by atoms with van der Waals surface area (Å²) < 4.78 is 0. The summed E-state index contributed by atoms with van der Waals surface area (Å²) in [6.07, 6.45) is 10.00. The second kappa shape index (κ2) is 7.36. The Morgan fingerprint density at radius 1 is 0.594 bits per heavy atom. The Morgan fingerprint density at radius 3 is 1.75 bits per heavy atom. The lowest BCUT2D eigenvalue weighted by molar-refractivity contribution is 1.31. The molecule has 2 aliphatic rings. The van der Waals surface area contributed by atoms with Crippen molar-refractivity contribution < 1.29 is 0 Å². The number of fused-ring (bicyclic) bond motifs is 8. The molecule has 6 rings (SSSR count). The lowest BCUT2D eigenvalue weighted by Gasteiger charge is -2.00. The van der Waals surface area contributed by atoms with E-state index in [-0.39, 0.29) is 0 Å². The van der Waals surface area contributed by atoms with Gasteiger partial charge in [-0.05, 0) is 77.9 Å². The Bertz CT molecular complexity index is 1580. The Labute approximate surface area is 185 Å². The first-order chi connectivity index (χ1) is 15.7. The molecule has 0 spiro atoms. The highest BCUT2D eigenvalue weighted by Gasteiger charge is 2.07. The Kier molecular flexibility index (Phi) is 4.22. The van der Waals surface area contributed by atoms with E-state index in [4.69, 9.17) is 9.97 Å². The average Bonchev–Trinajstić information content (AvgIpc) is 3.59. The summed E-state index contributed by atoms with van der Waals surface area (Å²) >= 11 is 0. The SMILES string of the molecule is C=Cc1ccc(-c2cc3cc4nc(cc5ccc(cc6nc(cc2[nH]3)C=C6)[nH]5)C=C4)cc1. The molecule has 1 aromatic carbocycles. The fourth-order valence-corrected chi connectivity index (χ4v) is 4.06. The molecule has 0 radical (unpaired) electrons. The highest BCUT2D eigenvalue weighted by molar-refractivity contribution is 5.88. The molecule has 2 aliphatic heterocycles. The maximum atomic E-state index is 4.78. The van der Waals surface area contributed by atoms with Crippen LogP contribution in [-0.4, -0.2) is 19.9 Å². The summed E-state index contributed by atoms with van der Waals surface area (Å²) in [5.74, 6) is 0. The molecule has 32 heavy (non-hydrogen) atoms. The Morgan fingerprint density at radius 2 is 1.16 bits per heavy atom. The van der Waals surface area contributed by atoms with Gasteiger partial charge in [-0.25, -0.2) is 9.97 Å². The number of hydrogen-bond donors (Lipinski definition) is 2. The molecule has 0 amide bonds. The molecule has 0 saturated carbocycles. The molecule has 4 aromatic rings. The van der Waals surface area contributed by atoms with Crippen LogP contribution in [-0.2, 0) is 0 Å². The zero-order chi connectivity index (χ0) is 21.5. The van der Waals surface area contributed by atoms with Crippen LogP contribution in [0, 0.1) is 0 Å². The van der Waals surface area contributed by atoms with Crippen LogP contribution in [0.1, 0.15) is 28.3 Å².